The zero-order chi connectivity index (χ0) is 16.0. The van der Waals surface area contributed by atoms with Gasteiger partial charge < -0.3 is 9.47 Å². The molecule has 21 heavy (non-hydrogen) atoms. The first-order chi connectivity index (χ1) is 9.76. The predicted molar refractivity (Wildman–Crippen MR) is 74.6 cm³/mol. The van der Waals surface area contributed by atoms with Crippen molar-refractivity contribution in [3.63, 3.8) is 0 Å². The summed E-state index contributed by atoms with van der Waals surface area (Å²) in [5, 5.41) is 0. The maximum Gasteiger partial charge on any atom is 0.422 e. The topological polar surface area (TPSA) is 102 Å². The van der Waals surface area contributed by atoms with Crippen LogP contribution < -0.4 is 4.72 Å². The van der Waals surface area contributed by atoms with Crippen LogP contribution in [0.2, 0.25) is 0 Å². The van der Waals surface area contributed by atoms with E-state index in [1.165, 1.54) is 0 Å². The van der Waals surface area contributed by atoms with Gasteiger partial charge in [0.05, 0.1) is 18.6 Å². The molecular formula is C12H22N2O6S. The van der Waals surface area contributed by atoms with E-state index in [0.717, 1.165) is 4.31 Å². The Bertz CT molecular complexity index is 476. The van der Waals surface area contributed by atoms with Gasteiger partial charge in [-0.1, -0.05) is 0 Å². The lowest BCUT2D eigenvalue weighted by molar-refractivity contribution is -0.149. The fourth-order valence-electron chi connectivity index (χ4n) is 2.02. The molecule has 1 fully saturated rings. The standard InChI is InChI=1S/C12H22N2O6S/c1-4-19-11(15)10-6-5-7-14(8-10)21(17,18)13-12(16)20-9(2)3/h9-10H,4-8H2,1-3H3,(H,13,16)/t10-/m1/s1. The third-order valence-corrected chi connectivity index (χ3v) is 4.34. The molecule has 0 aromatic rings. The molecule has 9 heteroatoms. The summed E-state index contributed by atoms with van der Waals surface area (Å²) in [6, 6.07) is 0. The SMILES string of the molecule is CCOC(=O)[C@@H]1CCCN(S(=O)(=O)NC(=O)OC(C)C)C1. The van der Waals surface area contributed by atoms with E-state index in [4.69, 9.17) is 9.47 Å². The first kappa shape index (κ1) is 17.7. The fourth-order valence-corrected chi connectivity index (χ4v) is 3.15. The minimum Gasteiger partial charge on any atom is -0.466 e. The van der Waals surface area contributed by atoms with Crippen LogP contribution in [0, 0.1) is 5.92 Å². The Morgan fingerprint density at radius 2 is 2.05 bits per heavy atom. The number of esters is 1. The van der Waals surface area contributed by atoms with Crippen molar-refractivity contribution in [1.29, 1.82) is 0 Å². The molecule has 0 saturated carbocycles. The number of piperidine rings is 1. The summed E-state index contributed by atoms with van der Waals surface area (Å²) >= 11 is 0. The van der Waals surface area contributed by atoms with Crippen molar-refractivity contribution >= 4 is 22.3 Å². The Kier molecular flexibility index (Phi) is 6.41. The molecule has 0 aromatic carbocycles. The highest BCUT2D eigenvalue weighted by Crippen LogP contribution is 2.20. The first-order valence-electron chi connectivity index (χ1n) is 6.91. The summed E-state index contributed by atoms with van der Waals surface area (Å²) in [7, 11) is -4.01. The van der Waals surface area contributed by atoms with Crippen molar-refractivity contribution < 1.29 is 27.5 Å². The van der Waals surface area contributed by atoms with Crippen molar-refractivity contribution in [2.24, 2.45) is 5.92 Å². The van der Waals surface area contributed by atoms with Crippen LogP contribution in [0.1, 0.15) is 33.6 Å². The van der Waals surface area contributed by atoms with E-state index in [0.29, 0.717) is 12.8 Å². The second-order valence-corrected chi connectivity index (χ2v) is 6.68. The van der Waals surface area contributed by atoms with Crippen LogP contribution in [0.3, 0.4) is 0 Å². The smallest absolute Gasteiger partial charge is 0.422 e. The first-order valence-corrected chi connectivity index (χ1v) is 8.35. The minimum absolute atomic E-state index is 0.00310. The average molecular weight is 322 g/mol. The fraction of sp³-hybridized carbons (Fsp3) is 0.833. The van der Waals surface area contributed by atoms with Crippen molar-refractivity contribution in [2.75, 3.05) is 19.7 Å². The lowest BCUT2D eigenvalue weighted by Crippen LogP contribution is -2.49. The van der Waals surface area contributed by atoms with Crippen LogP contribution in [-0.2, 0) is 24.5 Å². The van der Waals surface area contributed by atoms with Gasteiger partial charge in [0.2, 0.25) is 0 Å². The number of nitrogens with one attached hydrogen (secondary N) is 1. The van der Waals surface area contributed by atoms with Crippen LogP contribution >= 0.6 is 0 Å². The molecule has 1 aliphatic rings. The molecule has 0 aliphatic carbocycles. The summed E-state index contributed by atoms with van der Waals surface area (Å²) in [6.45, 7) is 5.43. The van der Waals surface area contributed by atoms with Crippen LogP contribution in [0.15, 0.2) is 0 Å². The van der Waals surface area contributed by atoms with Gasteiger partial charge in [-0.25, -0.2) is 9.52 Å². The largest absolute Gasteiger partial charge is 0.466 e. The molecule has 1 rings (SSSR count). The van der Waals surface area contributed by atoms with E-state index in [1.54, 1.807) is 20.8 Å². The normalized spacial score (nSPS) is 20.1. The van der Waals surface area contributed by atoms with Crippen molar-refractivity contribution in [1.82, 2.24) is 9.03 Å². The number of carbonyl (C=O) groups excluding carboxylic acids is 2. The number of hydrogen-bond donors (Lipinski definition) is 1. The van der Waals surface area contributed by atoms with Gasteiger partial charge in [-0.05, 0) is 33.6 Å². The van der Waals surface area contributed by atoms with Crippen molar-refractivity contribution in [3.8, 4) is 0 Å². The molecule has 0 aromatic heterocycles. The zero-order valence-electron chi connectivity index (χ0n) is 12.5. The highest BCUT2D eigenvalue weighted by Gasteiger charge is 2.34. The Hall–Kier alpha value is -1.35. The van der Waals surface area contributed by atoms with Crippen LogP contribution in [0.4, 0.5) is 4.79 Å². The van der Waals surface area contributed by atoms with Crippen LogP contribution in [0.5, 0.6) is 0 Å². The van der Waals surface area contributed by atoms with E-state index in [2.05, 4.69) is 0 Å². The van der Waals surface area contributed by atoms with E-state index in [1.807, 2.05) is 4.72 Å². The van der Waals surface area contributed by atoms with Gasteiger partial charge in [0.25, 0.3) is 0 Å². The third-order valence-electron chi connectivity index (χ3n) is 2.90. The molecule has 1 amide bonds. The molecule has 0 bridgehead atoms. The Labute approximate surface area is 125 Å². The maximum absolute atomic E-state index is 12.1. The van der Waals surface area contributed by atoms with Gasteiger partial charge in [-0.3, -0.25) is 4.79 Å². The molecule has 0 radical (unpaired) electrons. The molecule has 1 aliphatic heterocycles. The summed E-state index contributed by atoms with van der Waals surface area (Å²) in [4.78, 5) is 23.1. The number of nitrogens with zero attached hydrogens (tertiary/aromatic N) is 1. The highest BCUT2D eigenvalue weighted by atomic mass is 32.2. The van der Waals surface area contributed by atoms with E-state index in [9.17, 15) is 18.0 Å². The van der Waals surface area contributed by atoms with Crippen molar-refractivity contribution in [2.45, 2.75) is 39.7 Å². The van der Waals surface area contributed by atoms with Gasteiger partial charge >= 0.3 is 22.3 Å². The molecule has 122 valence electrons. The molecule has 1 saturated heterocycles. The average Bonchev–Trinajstić information content (AvgIpc) is 2.37. The summed E-state index contributed by atoms with van der Waals surface area (Å²) < 4.78 is 36.7. The number of ether oxygens (including phenoxy) is 2. The predicted octanol–water partition coefficient (Wildman–Crippen LogP) is 0.641. The molecule has 0 unspecified atom stereocenters. The minimum atomic E-state index is -4.01. The van der Waals surface area contributed by atoms with E-state index < -0.39 is 34.3 Å². The van der Waals surface area contributed by atoms with Gasteiger partial charge in [0.15, 0.2) is 0 Å². The number of carbonyl (C=O) groups is 2. The van der Waals surface area contributed by atoms with Crippen LogP contribution in [0.25, 0.3) is 0 Å². The highest BCUT2D eigenvalue weighted by molar-refractivity contribution is 7.87. The lowest BCUT2D eigenvalue weighted by atomic mass is 10.0. The van der Waals surface area contributed by atoms with Gasteiger partial charge in [-0.2, -0.15) is 12.7 Å². The van der Waals surface area contributed by atoms with Gasteiger partial charge in [0, 0.05) is 13.1 Å². The Morgan fingerprint density at radius 1 is 1.38 bits per heavy atom. The third kappa shape index (κ3) is 5.50. The molecule has 1 N–H and O–H groups in total. The molecule has 8 nitrogen and oxygen atoms in total. The monoisotopic (exact) mass is 322 g/mol. The van der Waals surface area contributed by atoms with Crippen molar-refractivity contribution in [3.05, 3.63) is 0 Å². The molecule has 1 heterocycles. The second-order valence-electron chi connectivity index (χ2n) is 5.01. The van der Waals surface area contributed by atoms with Crippen LogP contribution in [-0.4, -0.2) is 50.6 Å². The molecular weight excluding hydrogens is 300 g/mol. The van der Waals surface area contributed by atoms with E-state index >= 15 is 0 Å². The summed E-state index contributed by atoms with van der Waals surface area (Å²) in [5.74, 6) is -0.918. The number of hydrogen-bond acceptors (Lipinski definition) is 6. The molecule has 1 atom stereocenters. The zero-order valence-corrected chi connectivity index (χ0v) is 13.3. The number of rotatable bonds is 5. The van der Waals surface area contributed by atoms with Gasteiger partial charge in [-0.15, -0.1) is 0 Å². The Morgan fingerprint density at radius 3 is 2.62 bits per heavy atom. The maximum atomic E-state index is 12.1. The summed E-state index contributed by atoms with van der Waals surface area (Å²) in [6.07, 6.45) is -0.345. The van der Waals surface area contributed by atoms with Gasteiger partial charge in [0.1, 0.15) is 0 Å². The quantitative estimate of drug-likeness (QED) is 0.745. The molecule has 0 spiro atoms. The Balaban J connectivity index is 2.66. The lowest BCUT2D eigenvalue weighted by Gasteiger charge is -2.30. The number of amides is 1. The van der Waals surface area contributed by atoms with E-state index in [-0.39, 0.29) is 19.7 Å². The summed E-state index contributed by atoms with van der Waals surface area (Å²) in [5.41, 5.74) is 0. The second kappa shape index (κ2) is 7.60.